The molecule has 1 aromatic carbocycles. The zero-order chi connectivity index (χ0) is 22.8. The number of aromatic nitrogens is 4. The lowest BCUT2D eigenvalue weighted by Crippen LogP contribution is -2.38. The third-order valence-electron chi connectivity index (χ3n) is 6.13. The van der Waals surface area contributed by atoms with Crippen molar-refractivity contribution in [1.82, 2.24) is 18.7 Å². The first kappa shape index (κ1) is 22.1. The summed E-state index contributed by atoms with van der Waals surface area (Å²) < 4.78 is 9.99. The fraction of sp³-hybridized carbons (Fsp3) is 0.522. The number of aliphatic hydroxyl groups excluding tert-OH is 1. The normalized spacial score (nSPS) is 15.3. The van der Waals surface area contributed by atoms with E-state index in [-0.39, 0.29) is 13.2 Å². The van der Waals surface area contributed by atoms with Crippen LogP contribution in [0.5, 0.6) is 5.75 Å². The molecule has 1 aliphatic rings. The van der Waals surface area contributed by atoms with E-state index in [1.165, 1.54) is 17.2 Å². The van der Waals surface area contributed by atoms with Crippen molar-refractivity contribution in [1.29, 1.82) is 0 Å². The van der Waals surface area contributed by atoms with Crippen LogP contribution in [0.25, 0.3) is 11.2 Å². The van der Waals surface area contributed by atoms with Crippen molar-refractivity contribution in [2.45, 2.75) is 45.3 Å². The summed E-state index contributed by atoms with van der Waals surface area (Å²) in [5, 5.41) is 10.8. The molecular weight excluding hydrogens is 410 g/mol. The van der Waals surface area contributed by atoms with Crippen LogP contribution in [0.2, 0.25) is 0 Å². The molecule has 9 heteroatoms. The van der Waals surface area contributed by atoms with E-state index >= 15 is 0 Å². The number of fused-ring (bicyclic) bond motifs is 1. The molecule has 0 bridgehead atoms. The van der Waals surface area contributed by atoms with Gasteiger partial charge in [-0.05, 0) is 43.4 Å². The van der Waals surface area contributed by atoms with Crippen molar-refractivity contribution < 1.29 is 9.84 Å². The van der Waals surface area contributed by atoms with Crippen molar-refractivity contribution in [2.24, 2.45) is 14.1 Å². The first-order valence-corrected chi connectivity index (χ1v) is 11.2. The zero-order valence-electron chi connectivity index (χ0n) is 19.0. The summed E-state index contributed by atoms with van der Waals surface area (Å²) in [6.07, 6.45) is 3.33. The number of rotatable bonds is 7. The molecule has 1 fully saturated rings. The fourth-order valence-corrected chi connectivity index (χ4v) is 4.22. The smallest absolute Gasteiger partial charge is 0.332 e. The van der Waals surface area contributed by atoms with Crippen LogP contribution in [0.3, 0.4) is 0 Å². The Morgan fingerprint density at radius 3 is 2.41 bits per heavy atom. The molecule has 32 heavy (non-hydrogen) atoms. The lowest BCUT2D eigenvalue weighted by Gasteiger charge is -2.28. The van der Waals surface area contributed by atoms with Crippen LogP contribution < -0.4 is 20.9 Å². The molecule has 1 aliphatic heterocycles. The molecule has 1 atom stereocenters. The van der Waals surface area contributed by atoms with Crippen LogP contribution >= 0.6 is 0 Å². The fourth-order valence-electron chi connectivity index (χ4n) is 4.22. The molecule has 3 aromatic rings. The van der Waals surface area contributed by atoms with Gasteiger partial charge in [-0.15, -0.1) is 0 Å². The molecule has 1 saturated heterocycles. The highest BCUT2D eigenvalue weighted by Crippen LogP contribution is 2.23. The monoisotopic (exact) mass is 441 g/mol. The number of aryl methyl sites for hydroxylation is 2. The third-order valence-corrected chi connectivity index (χ3v) is 6.13. The number of hydrogen-bond donors (Lipinski definition) is 1. The van der Waals surface area contributed by atoms with E-state index in [1.807, 2.05) is 24.3 Å². The Morgan fingerprint density at radius 2 is 1.75 bits per heavy atom. The average molecular weight is 442 g/mol. The molecule has 0 aliphatic carbocycles. The number of imidazole rings is 1. The number of ether oxygens (including phenoxy) is 1. The lowest BCUT2D eigenvalue weighted by atomic mass is 10.1. The summed E-state index contributed by atoms with van der Waals surface area (Å²) in [4.78, 5) is 32.2. The predicted octanol–water partition coefficient (Wildman–Crippen LogP) is 1.43. The topological polar surface area (TPSA) is 94.5 Å². The van der Waals surface area contributed by atoms with E-state index < -0.39 is 17.4 Å². The Morgan fingerprint density at radius 1 is 1.06 bits per heavy atom. The molecule has 0 unspecified atom stereocenters. The average Bonchev–Trinajstić information content (AvgIpc) is 3.20. The van der Waals surface area contributed by atoms with E-state index in [0.717, 1.165) is 43.3 Å². The van der Waals surface area contributed by atoms with Gasteiger partial charge >= 0.3 is 5.69 Å². The number of piperidine rings is 1. The van der Waals surface area contributed by atoms with Crippen molar-refractivity contribution in [3.8, 4) is 5.75 Å². The summed E-state index contributed by atoms with van der Waals surface area (Å²) in [6.45, 7) is 3.97. The molecule has 9 nitrogen and oxygen atoms in total. The van der Waals surface area contributed by atoms with Crippen molar-refractivity contribution in [3.05, 3.63) is 50.7 Å². The van der Waals surface area contributed by atoms with Crippen molar-refractivity contribution in [3.63, 3.8) is 0 Å². The van der Waals surface area contributed by atoms with Gasteiger partial charge in [-0.3, -0.25) is 13.9 Å². The predicted molar refractivity (Wildman–Crippen MR) is 124 cm³/mol. The van der Waals surface area contributed by atoms with Gasteiger partial charge in [0, 0.05) is 27.2 Å². The maximum Gasteiger partial charge on any atom is 0.332 e. The standard InChI is InChI=1S/C23H31N5O4/c1-4-16-8-10-18(11-9-16)32-15-17(29)14-28-19-20(25(2)23(31)26(3)21(19)30)24-22(28)27-12-6-5-7-13-27/h8-11,17,29H,4-7,12-15H2,1-3H3/t17-/m0/s1. The van der Waals surface area contributed by atoms with Crippen LogP contribution in [-0.2, 0) is 27.1 Å². The number of aliphatic hydroxyl groups is 1. The van der Waals surface area contributed by atoms with Crippen LogP contribution in [0.1, 0.15) is 31.7 Å². The summed E-state index contributed by atoms with van der Waals surface area (Å²) in [5.74, 6) is 1.30. The minimum absolute atomic E-state index is 0.0800. The minimum atomic E-state index is -0.858. The minimum Gasteiger partial charge on any atom is -0.491 e. The first-order chi connectivity index (χ1) is 15.4. The number of anilines is 1. The highest BCUT2D eigenvalue weighted by molar-refractivity contribution is 5.74. The van der Waals surface area contributed by atoms with E-state index in [1.54, 1.807) is 11.6 Å². The van der Waals surface area contributed by atoms with Crippen LogP contribution in [0.15, 0.2) is 33.9 Å². The van der Waals surface area contributed by atoms with Gasteiger partial charge in [-0.1, -0.05) is 19.1 Å². The lowest BCUT2D eigenvalue weighted by molar-refractivity contribution is 0.0936. The summed E-state index contributed by atoms with van der Waals surface area (Å²) >= 11 is 0. The Bertz CT molecular complexity index is 1200. The van der Waals surface area contributed by atoms with E-state index in [4.69, 9.17) is 4.74 Å². The third kappa shape index (κ3) is 4.17. The Balaban J connectivity index is 1.66. The number of nitrogens with zero attached hydrogens (tertiary/aromatic N) is 5. The van der Waals surface area contributed by atoms with Gasteiger partial charge in [0.1, 0.15) is 18.5 Å². The van der Waals surface area contributed by atoms with Crippen LogP contribution in [0, 0.1) is 0 Å². The molecule has 0 amide bonds. The quantitative estimate of drug-likeness (QED) is 0.596. The van der Waals surface area contributed by atoms with Crippen LogP contribution in [0.4, 0.5) is 5.95 Å². The maximum absolute atomic E-state index is 13.0. The first-order valence-electron chi connectivity index (χ1n) is 11.2. The SMILES string of the molecule is CCc1ccc(OC[C@@H](O)Cn2c(N3CCCCC3)nc3c2c(=O)n(C)c(=O)n3C)cc1. The van der Waals surface area contributed by atoms with E-state index in [0.29, 0.717) is 22.9 Å². The maximum atomic E-state index is 13.0. The largest absolute Gasteiger partial charge is 0.491 e. The Kier molecular flexibility index (Phi) is 6.36. The Hall–Kier alpha value is -3.07. The molecule has 3 heterocycles. The van der Waals surface area contributed by atoms with Gasteiger partial charge in [-0.2, -0.15) is 4.98 Å². The Labute approximate surface area is 186 Å². The van der Waals surface area contributed by atoms with Gasteiger partial charge in [0.15, 0.2) is 11.2 Å². The molecular formula is C23H31N5O4. The summed E-state index contributed by atoms with van der Waals surface area (Å²) in [5.41, 5.74) is 1.04. The molecule has 0 spiro atoms. The molecule has 1 N–H and O–H groups in total. The second kappa shape index (κ2) is 9.20. The van der Waals surface area contributed by atoms with E-state index in [9.17, 15) is 14.7 Å². The molecule has 0 radical (unpaired) electrons. The van der Waals surface area contributed by atoms with Gasteiger partial charge in [0.25, 0.3) is 5.56 Å². The molecule has 172 valence electrons. The highest BCUT2D eigenvalue weighted by atomic mass is 16.5. The molecule has 2 aromatic heterocycles. The van der Waals surface area contributed by atoms with Crippen molar-refractivity contribution >= 4 is 17.1 Å². The second-order valence-electron chi connectivity index (χ2n) is 8.41. The molecule has 4 rings (SSSR count). The zero-order valence-corrected chi connectivity index (χ0v) is 19.0. The summed E-state index contributed by atoms with van der Waals surface area (Å²) in [7, 11) is 3.07. The molecule has 0 saturated carbocycles. The number of benzene rings is 1. The van der Waals surface area contributed by atoms with E-state index in [2.05, 4.69) is 16.8 Å². The van der Waals surface area contributed by atoms with Gasteiger partial charge in [-0.25, -0.2) is 4.79 Å². The van der Waals surface area contributed by atoms with Gasteiger partial charge < -0.3 is 19.3 Å². The van der Waals surface area contributed by atoms with Crippen molar-refractivity contribution in [2.75, 3.05) is 24.6 Å². The second-order valence-corrected chi connectivity index (χ2v) is 8.41. The number of hydrogen-bond acceptors (Lipinski definition) is 6. The van der Waals surface area contributed by atoms with Gasteiger partial charge in [0.05, 0.1) is 6.54 Å². The summed E-state index contributed by atoms with van der Waals surface area (Å²) in [6, 6.07) is 7.79. The van der Waals surface area contributed by atoms with Gasteiger partial charge in [0.2, 0.25) is 5.95 Å². The van der Waals surface area contributed by atoms with Crippen LogP contribution in [-0.4, -0.2) is 49.6 Å². The highest BCUT2D eigenvalue weighted by Gasteiger charge is 2.25.